The maximum Gasteiger partial charge on any atom is 0.306 e. The second-order valence-corrected chi connectivity index (χ2v) is 6.90. The Morgan fingerprint density at radius 1 is 1.17 bits per heavy atom. The standard InChI is InChI=1S/C20H22ClNO2/c1-14-5-2-3-8-18(14)19(16-6-4-7-17(21)13-16)22-11-9-15(10-12-22)20(23)24/h2-8,13,15,19H,9-12H2,1H3,(H,23,24). The number of carboxylic acids is 1. The van der Waals surface area contributed by atoms with Crippen molar-refractivity contribution < 1.29 is 9.90 Å². The number of halogens is 1. The van der Waals surface area contributed by atoms with Gasteiger partial charge in [-0.15, -0.1) is 0 Å². The molecule has 3 rings (SSSR count). The lowest BCUT2D eigenvalue weighted by Gasteiger charge is -2.37. The van der Waals surface area contributed by atoms with Gasteiger partial charge >= 0.3 is 5.97 Å². The summed E-state index contributed by atoms with van der Waals surface area (Å²) in [7, 11) is 0. The van der Waals surface area contributed by atoms with Crippen LogP contribution in [-0.4, -0.2) is 29.1 Å². The molecular weight excluding hydrogens is 322 g/mol. The summed E-state index contributed by atoms with van der Waals surface area (Å²) < 4.78 is 0. The van der Waals surface area contributed by atoms with Gasteiger partial charge in [-0.25, -0.2) is 0 Å². The molecule has 0 aliphatic carbocycles. The molecule has 1 N–H and O–H groups in total. The Balaban J connectivity index is 1.95. The molecule has 2 aromatic carbocycles. The van der Waals surface area contributed by atoms with Gasteiger partial charge in [-0.05, 0) is 61.7 Å². The van der Waals surface area contributed by atoms with Gasteiger partial charge in [0.25, 0.3) is 0 Å². The molecule has 0 bridgehead atoms. The van der Waals surface area contributed by atoms with E-state index < -0.39 is 5.97 Å². The number of piperidine rings is 1. The Morgan fingerprint density at radius 2 is 1.88 bits per heavy atom. The highest BCUT2D eigenvalue weighted by Gasteiger charge is 2.30. The molecule has 0 radical (unpaired) electrons. The quantitative estimate of drug-likeness (QED) is 0.886. The molecule has 1 unspecified atom stereocenters. The molecule has 0 amide bonds. The van der Waals surface area contributed by atoms with Gasteiger partial charge in [0.05, 0.1) is 12.0 Å². The predicted molar refractivity (Wildman–Crippen MR) is 96.4 cm³/mol. The summed E-state index contributed by atoms with van der Waals surface area (Å²) in [6.45, 7) is 3.68. The average molecular weight is 344 g/mol. The number of likely N-dealkylation sites (tertiary alicyclic amines) is 1. The van der Waals surface area contributed by atoms with Crippen molar-refractivity contribution in [1.82, 2.24) is 4.90 Å². The van der Waals surface area contributed by atoms with Crippen LogP contribution in [0.2, 0.25) is 5.02 Å². The van der Waals surface area contributed by atoms with Crippen LogP contribution in [-0.2, 0) is 4.79 Å². The number of carboxylic acid groups (broad SMARTS) is 1. The number of rotatable bonds is 4. The minimum Gasteiger partial charge on any atom is -0.481 e. The first-order valence-electron chi connectivity index (χ1n) is 8.34. The van der Waals surface area contributed by atoms with Crippen LogP contribution < -0.4 is 0 Å². The zero-order chi connectivity index (χ0) is 17.1. The summed E-state index contributed by atoms with van der Waals surface area (Å²) in [4.78, 5) is 13.6. The molecule has 1 atom stereocenters. The lowest BCUT2D eigenvalue weighted by molar-refractivity contribution is -0.143. The number of aliphatic carboxylic acids is 1. The van der Waals surface area contributed by atoms with Crippen molar-refractivity contribution >= 4 is 17.6 Å². The lowest BCUT2D eigenvalue weighted by Crippen LogP contribution is -2.39. The topological polar surface area (TPSA) is 40.5 Å². The van der Waals surface area contributed by atoms with Crippen molar-refractivity contribution in [3.8, 4) is 0 Å². The van der Waals surface area contributed by atoms with Crippen LogP contribution in [0, 0.1) is 12.8 Å². The van der Waals surface area contributed by atoms with Crippen molar-refractivity contribution in [2.24, 2.45) is 5.92 Å². The van der Waals surface area contributed by atoms with E-state index in [1.54, 1.807) is 0 Å². The first-order chi connectivity index (χ1) is 11.6. The Morgan fingerprint density at radius 3 is 2.50 bits per heavy atom. The highest BCUT2D eigenvalue weighted by Crippen LogP contribution is 2.34. The second-order valence-electron chi connectivity index (χ2n) is 6.46. The Hall–Kier alpha value is -1.84. The van der Waals surface area contributed by atoms with Gasteiger partial charge < -0.3 is 5.11 Å². The smallest absolute Gasteiger partial charge is 0.306 e. The number of hydrogen-bond donors (Lipinski definition) is 1. The van der Waals surface area contributed by atoms with Gasteiger partial charge in [-0.3, -0.25) is 9.69 Å². The van der Waals surface area contributed by atoms with Crippen molar-refractivity contribution in [2.45, 2.75) is 25.8 Å². The van der Waals surface area contributed by atoms with Crippen LogP contribution in [0.3, 0.4) is 0 Å². The summed E-state index contributed by atoms with van der Waals surface area (Å²) in [5.41, 5.74) is 3.65. The Bertz CT molecular complexity index is 723. The molecule has 0 aromatic heterocycles. The predicted octanol–water partition coefficient (Wildman–Crippen LogP) is 4.53. The Labute approximate surface area is 147 Å². The van der Waals surface area contributed by atoms with E-state index in [1.807, 2.05) is 24.3 Å². The molecule has 0 saturated carbocycles. The lowest BCUT2D eigenvalue weighted by atomic mass is 9.89. The molecule has 2 aromatic rings. The number of nitrogens with zero attached hydrogens (tertiary/aromatic N) is 1. The molecule has 1 aliphatic heterocycles. The molecule has 24 heavy (non-hydrogen) atoms. The van der Waals surface area contributed by atoms with Crippen molar-refractivity contribution in [2.75, 3.05) is 13.1 Å². The minimum atomic E-state index is -0.676. The molecular formula is C20H22ClNO2. The van der Waals surface area contributed by atoms with Crippen LogP contribution in [0.5, 0.6) is 0 Å². The zero-order valence-electron chi connectivity index (χ0n) is 13.8. The van der Waals surface area contributed by atoms with E-state index in [0.717, 1.165) is 23.7 Å². The maximum absolute atomic E-state index is 11.2. The summed E-state index contributed by atoms with van der Waals surface area (Å²) in [6.07, 6.45) is 1.39. The normalized spacial score (nSPS) is 17.6. The van der Waals surface area contributed by atoms with Crippen molar-refractivity contribution in [1.29, 1.82) is 0 Å². The number of carbonyl (C=O) groups is 1. The monoisotopic (exact) mass is 343 g/mol. The third kappa shape index (κ3) is 3.63. The summed E-state index contributed by atoms with van der Waals surface area (Å²) >= 11 is 6.22. The first-order valence-corrected chi connectivity index (χ1v) is 8.72. The van der Waals surface area contributed by atoms with E-state index in [2.05, 4.69) is 36.1 Å². The van der Waals surface area contributed by atoms with Crippen LogP contribution in [0.25, 0.3) is 0 Å². The number of benzene rings is 2. The molecule has 0 spiro atoms. The Kier molecular flexibility index (Phi) is 5.22. The summed E-state index contributed by atoms with van der Waals surface area (Å²) in [5, 5.41) is 9.97. The molecule has 3 nitrogen and oxygen atoms in total. The highest BCUT2D eigenvalue weighted by molar-refractivity contribution is 6.30. The second kappa shape index (κ2) is 7.37. The van der Waals surface area contributed by atoms with Gasteiger partial charge in [0.15, 0.2) is 0 Å². The van der Waals surface area contributed by atoms with Crippen molar-refractivity contribution in [3.05, 3.63) is 70.2 Å². The summed E-state index contributed by atoms with van der Waals surface area (Å²) in [5.74, 6) is -0.900. The number of aryl methyl sites for hydroxylation is 1. The molecule has 126 valence electrons. The number of hydrogen-bond acceptors (Lipinski definition) is 2. The fourth-order valence-corrected chi connectivity index (χ4v) is 3.76. The van der Waals surface area contributed by atoms with E-state index in [9.17, 15) is 9.90 Å². The molecule has 4 heteroatoms. The molecule has 1 aliphatic rings. The molecule has 1 saturated heterocycles. The van der Waals surface area contributed by atoms with E-state index in [-0.39, 0.29) is 12.0 Å². The largest absolute Gasteiger partial charge is 0.481 e. The van der Waals surface area contributed by atoms with Gasteiger partial charge in [-0.1, -0.05) is 48.0 Å². The third-order valence-electron chi connectivity index (χ3n) is 4.89. The first kappa shape index (κ1) is 17.0. The van der Waals surface area contributed by atoms with Gasteiger partial charge in [0, 0.05) is 5.02 Å². The SMILES string of the molecule is Cc1ccccc1C(c1cccc(Cl)c1)N1CCC(C(=O)O)CC1. The molecule has 1 fully saturated rings. The van der Waals surface area contributed by atoms with E-state index in [0.29, 0.717) is 12.8 Å². The zero-order valence-corrected chi connectivity index (χ0v) is 14.5. The van der Waals surface area contributed by atoms with E-state index in [1.165, 1.54) is 11.1 Å². The van der Waals surface area contributed by atoms with Crippen LogP contribution in [0.1, 0.15) is 35.6 Å². The van der Waals surface area contributed by atoms with Crippen LogP contribution >= 0.6 is 11.6 Å². The fourth-order valence-electron chi connectivity index (χ4n) is 3.56. The van der Waals surface area contributed by atoms with Crippen LogP contribution in [0.4, 0.5) is 0 Å². The summed E-state index contributed by atoms with van der Waals surface area (Å²) in [6, 6.07) is 16.5. The van der Waals surface area contributed by atoms with Crippen LogP contribution in [0.15, 0.2) is 48.5 Å². The molecule has 1 heterocycles. The highest BCUT2D eigenvalue weighted by atomic mass is 35.5. The van der Waals surface area contributed by atoms with Gasteiger partial charge in [0.1, 0.15) is 0 Å². The van der Waals surface area contributed by atoms with Crippen molar-refractivity contribution in [3.63, 3.8) is 0 Å². The van der Waals surface area contributed by atoms with Gasteiger partial charge in [0.2, 0.25) is 0 Å². The third-order valence-corrected chi connectivity index (χ3v) is 5.13. The van der Waals surface area contributed by atoms with E-state index >= 15 is 0 Å². The average Bonchev–Trinajstić information content (AvgIpc) is 2.57. The van der Waals surface area contributed by atoms with E-state index in [4.69, 9.17) is 11.6 Å². The maximum atomic E-state index is 11.2. The van der Waals surface area contributed by atoms with Gasteiger partial charge in [-0.2, -0.15) is 0 Å². The fraction of sp³-hybridized carbons (Fsp3) is 0.350. The minimum absolute atomic E-state index is 0.111.